The zero-order valence-corrected chi connectivity index (χ0v) is 36.9. The molecule has 3 aromatic rings. The van der Waals surface area contributed by atoms with Crippen molar-refractivity contribution in [2.24, 2.45) is 16.7 Å². The summed E-state index contributed by atoms with van der Waals surface area (Å²) in [6.07, 6.45) is -5.45. The number of nitrogens with one attached hydrogen (secondary N) is 1. The Labute approximate surface area is 373 Å². The molecule has 3 saturated heterocycles. The van der Waals surface area contributed by atoms with Crippen LogP contribution in [0.5, 0.6) is 0 Å². The molecule has 3 aromatic carbocycles. The lowest BCUT2D eigenvalue weighted by atomic mass is 9.45. The molecule has 3 aliphatic carbocycles. The number of likely N-dealkylation sites (tertiary alicyclic amines) is 1. The van der Waals surface area contributed by atoms with Crippen LogP contribution in [-0.4, -0.2) is 119 Å². The fourth-order valence-electron chi connectivity index (χ4n) is 11.7. The number of fused-ring (bicyclic) bond motifs is 8. The molecule has 5 fully saturated rings. The number of nitrogens with zero attached hydrogens (tertiary/aromatic N) is 1. The third-order valence-corrected chi connectivity index (χ3v) is 15.2. The number of hydrogen-bond acceptors (Lipinski definition) is 13. The van der Waals surface area contributed by atoms with Crippen LogP contribution in [0.25, 0.3) is 0 Å². The zero-order valence-electron chi connectivity index (χ0n) is 36.9. The van der Waals surface area contributed by atoms with E-state index in [1.54, 1.807) is 91.0 Å². The van der Waals surface area contributed by atoms with Crippen molar-refractivity contribution in [2.45, 2.75) is 120 Å². The van der Waals surface area contributed by atoms with Crippen LogP contribution in [0.2, 0.25) is 0 Å². The molecule has 3 heterocycles. The van der Waals surface area contributed by atoms with Gasteiger partial charge in [0.1, 0.15) is 30.0 Å². The second-order valence-electron chi connectivity index (χ2n) is 19.2. The molecule has 2 saturated carbocycles. The molecule has 14 nitrogen and oxygen atoms in total. The summed E-state index contributed by atoms with van der Waals surface area (Å²) in [6.45, 7) is 11.2. The average Bonchev–Trinajstić information content (AvgIpc) is 3.68. The van der Waals surface area contributed by atoms with Gasteiger partial charge in [0.25, 0.3) is 5.91 Å². The Morgan fingerprint density at radius 3 is 2.12 bits per heavy atom. The van der Waals surface area contributed by atoms with E-state index in [0.717, 1.165) is 19.5 Å². The Balaban J connectivity index is 1.16. The first-order valence-corrected chi connectivity index (χ1v) is 22.4. The van der Waals surface area contributed by atoms with E-state index >= 15 is 0 Å². The van der Waals surface area contributed by atoms with E-state index in [9.17, 15) is 29.4 Å². The van der Waals surface area contributed by atoms with Crippen LogP contribution < -0.4 is 5.32 Å². The van der Waals surface area contributed by atoms with Crippen molar-refractivity contribution in [3.05, 3.63) is 119 Å². The van der Waals surface area contributed by atoms with Crippen molar-refractivity contribution in [1.82, 2.24) is 10.2 Å². The normalized spacial score (nSPS) is 34.7. The molecule has 0 unspecified atom stereocenters. The van der Waals surface area contributed by atoms with Crippen LogP contribution in [0, 0.1) is 16.7 Å². The monoisotopic (exact) mass is 878 g/mol. The van der Waals surface area contributed by atoms with Gasteiger partial charge >= 0.3 is 17.9 Å². The van der Waals surface area contributed by atoms with Crippen molar-refractivity contribution in [3.63, 3.8) is 0 Å². The summed E-state index contributed by atoms with van der Waals surface area (Å²) in [4.78, 5) is 58.0. The molecule has 0 aromatic heterocycles. The van der Waals surface area contributed by atoms with Crippen molar-refractivity contribution in [2.75, 3.05) is 26.2 Å². The Hall–Kier alpha value is -4.96. The number of hydrogen-bond donors (Lipinski definition) is 3. The third-order valence-electron chi connectivity index (χ3n) is 15.2. The van der Waals surface area contributed by atoms with E-state index in [1.165, 1.54) is 6.92 Å². The standard InChI is InChI=1S/C50H58N2O12/c1-29-34(60-46(57)39(54)38(31-16-9-6-10-17-31)51-44(55)32-18-11-7-12-19-32)26-50(58)43(63-45(56)33-20-13-8-14-21-33)41-48(5,23-22-35-49(41,28-59-35)64-30(2)53)42-40(37(29)47(50,3)4)61-36(62-42)27-52-24-15-25-52/h6-14,16-21,34-36,38-43,54,58H,15,22-28H2,1-5H3,(H,51,55)/t34-,35+,36+,38-,39+,40+,41-,42+,43-,48+,49-,50+/m0/s1. The van der Waals surface area contributed by atoms with Crippen LogP contribution in [0.15, 0.2) is 102 Å². The highest BCUT2D eigenvalue weighted by molar-refractivity contribution is 5.95. The summed E-state index contributed by atoms with van der Waals surface area (Å²) in [6, 6.07) is 24.4. The molecule has 14 heteroatoms. The van der Waals surface area contributed by atoms with Gasteiger partial charge in [0.2, 0.25) is 0 Å². The quantitative estimate of drug-likeness (QED) is 0.132. The summed E-state index contributed by atoms with van der Waals surface area (Å²) < 4.78 is 39.7. The number of aliphatic hydroxyl groups is 2. The summed E-state index contributed by atoms with van der Waals surface area (Å²) in [5.41, 5.74) is -3.33. The lowest BCUT2D eigenvalue weighted by Gasteiger charge is -2.68. The molecule has 0 radical (unpaired) electrons. The second kappa shape index (κ2) is 16.8. The minimum atomic E-state index is -2.04. The van der Waals surface area contributed by atoms with Gasteiger partial charge in [-0.05, 0) is 80.3 Å². The predicted molar refractivity (Wildman–Crippen MR) is 230 cm³/mol. The molecule has 2 bridgehead atoms. The maximum Gasteiger partial charge on any atom is 0.338 e. The van der Waals surface area contributed by atoms with Gasteiger partial charge in [-0.15, -0.1) is 0 Å². The Bertz CT molecular complexity index is 2290. The number of rotatable bonds is 11. The molecular formula is C50H58N2O12. The summed E-state index contributed by atoms with van der Waals surface area (Å²) in [5, 5.41) is 28.7. The van der Waals surface area contributed by atoms with Gasteiger partial charge in [-0.25, -0.2) is 9.59 Å². The molecule has 340 valence electrons. The predicted octanol–water partition coefficient (Wildman–Crippen LogP) is 5.08. The van der Waals surface area contributed by atoms with E-state index in [-0.39, 0.29) is 18.6 Å². The number of aliphatic hydroxyl groups excluding tert-OH is 1. The minimum Gasteiger partial charge on any atom is -0.456 e. The highest BCUT2D eigenvalue weighted by Gasteiger charge is 2.77. The molecule has 6 aliphatic rings. The fourth-order valence-corrected chi connectivity index (χ4v) is 11.7. The fraction of sp³-hybridized carbons (Fsp3) is 0.520. The van der Waals surface area contributed by atoms with Gasteiger partial charge in [0, 0.05) is 36.3 Å². The van der Waals surface area contributed by atoms with E-state index in [2.05, 4.69) is 10.2 Å². The van der Waals surface area contributed by atoms with Crippen molar-refractivity contribution in [3.8, 4) is 0 Å². The summed E-state index contributed by atoms with van der Waals surface area (Å²) >= 11 is 0. The third kappa shape index (κ3) is 7.36. The molecular weight excluding hydrogens is 821 g/mol. The summed E-state index contributed by atoms with van der Waals surface area (Å²) in [5.74, 6) is -3.73. The van der Waals surface area contributed by atoms with Crippen LogP contribution in [0.1, 0.15) is 92.6 Å². The van der Waals surface area contributed by atoms with Crippen LogP contribution in [0.4, 0.5) is 0 Å². The average molecular weight is 879 g/mol. The van der Waals surface area contributed by atoms with Crippen molar-refractivity contribution < 1.29 is 57.8 Å². The van der Waals surface area contributed by atoms with Crippen molar-refractivity contribution >= 4 is 23.8 Å². The number of carbonyl (C=O) groups excluding carboxylic acids is 4. The minimum absolute atomic E-state index is 0.00917. The first-order chi connectivity index (χ1) is 30.6. The molecule has 3 aliphatic heterocycles. The molecule has 1 amide bonds. The zero-order chi connectivity index (χ0) is 45.2. The molecule has 64 heavy (non-hydrogen) atoms. The van der Waals surface area contributed by atoms with Gasteiger partial charge in [-0.1, -0.05) is 87.5 Å². The van der Waals surface area contributed by atoms with Gasteiger partial charge in [-0.2, -0.15) is 0 Å². The molecule has 9 rings (SSSR count). The number of carbonyl (C=O) groups is 4. The SMILES string of the molecule is CC(=O)O[C@@]12CO[C@@H]1CC[C@@]1(C)[C@@H]3O[C@H](CN4CCC4)O[C@@H]3C3=C(C)[C@@H](OC(=O)[C@H](O)[C@@H](NC(=O)c4ccccc4)c4ccccc4)C[C@@](O)([C@@H](OC(=O)c4ccccc4)[C@@H]12)C3(C)C. The molecule has 12 atom stereocenters. The van der Waals surface area contributed by atoms with Crippen LogP contribution in [0.3, 0.4) is 0 Å². The van der Waals surface area contributed by atoms with Gasteiger partial charge < -0.3 is 44.0 Å². The second-order valence-corrected chi connectivity index (χ2v) is 19.2. The topological polar surface area (TPSA) is 179 Å². The highest BCUT2D eigenvalue weighted by atomic mass is 16.7. The molecule has 0 spiro atoms. The lowest BCUT2D eigenvalue weighted by molar-refractivity contribution is -0.345. The van der Waals surface area contributed by atoms with Gasteiger partial charge in [-0.3, -0.25) is 14.5 Å². The number of esters is 3. The number of benzene rings is 3. The first kappa shape index (κ1) is 44.3. The Morgan fingerprint density at radius 1 is 0.891 bits per heavy atom. The largest absolute Gasteiger partial charge is 0.456 e. The Kier molecular flexibility index (Phi) is 11.6. The van der Waals surface area contributed by atoms with Gasteiger partial charge in [0.05, 0.1) is 30.2 Å². The highest BCUT2D eigenvalue weighted by Crippen LogP contribution is 2.66. The van der Waals surface area contributed by atoms with Gasteiger partial charge in [0.15, 0.2) is 18.0 Å². The summed E-state index contributed by atoms with van der Waals surface area (Å²) in [7, 11) is 0. The van der Waals surface area contributed by atoms with E-state index in [4.69, 9.17) is 28.4 Å². The maximum absolute atomic E-state index is 14.5. The lowest BCUT2D eigenvalue weighted by Crippen LogP contribution is -2.79. The smallest absolute Gasteiger partial charge is 0.338 e. The first-order valence-electron chi connectivity index (χ1n) is 22.4. The van der Waals surface area contributed by atoms with E-state index < -0.39 is 101 Å². The Morgan fingerprint density at radius 2 is 1.53 bits per heavy atom. The number of amides is 1. The van der Waals surface area contributed by atoms with Crippen molar-refractivity contribution in [1.29, 1.82) is 0 Å². The maximum atomic E-state index is 14.5. The van der Waals surface area contributed by atoms with Crippen LogP contribution >= 0.6 is 0 Å². The van der Waals surface area contributed by atoms with E-state index in [1.807, 2.05) is 27.7 Å². The van der Waals surface area contributed by atoms with Crippen LogP contribution in [-0.2, 0) is 38.0 Å². The van der Waals surface area contributed by atoms with E-state index in [0.29, 0.717) is 41.7 Å². The molecule has 3 N–H and O–H groups in total. The number of ether oxygens (including phenoxy) is 6.